The van der Waals surface area contributed by atoms with E-state index in [1.54, 1.807) is 30.5 Å². The summed E-state index contributed by atoms with van der Waals surface area (Å²) in [5.74, 6) is 0.402. The lowest BCUT2D eigenvalue weighted by Gasteiger charge is -2.03. The number of fused-ring (bicyclic) bond motifs is 1. The van der Waals surface area contributed by atoms with Crippen LogP contribution in [0.2, 0.25) is 0 Å². The van der Waals surface area contributed by atoms with Crippen molar-refractivity contribution in [2.45, 2.75) is 0 Å². The minimum atomic E-state index is -0.552. The molecule has 2 aromatic carbocycles. The Balaban J connectivity index is 1.75. The van der Waals surface area contributed by atoms with Gasteiger partial charge in [-0.25, -0.2) is 9.79 Å². The number of hydrogen-bond donors (Lipinski definition) is 1. The first-order valence-corrected chi connectivity index (χ1v) is 8.62. The fraction of sp³-hybridized carbons (Fsp3) is 0.0526. The lowest BCUT2D eigenvalue weighted by atomic mass is 10.2. The third kappa shape index (κ3) is 3.45. The van der Waals surface area contributed by atoms with Gasteiger partial charge in [0, 0.05) is 17.0 Å². The number of halogens is 1. The van der Waals surface area contributed by atoms with Gasteiger partial charge in [0.2, 0.25) is 0 Å². The van der Waals surface area contributed by atoms with Crippen LogP contribution in [0.3, 0.4) is 0 Å². The molecule has 0 aliphatic rings. The van der Waals surface area contributed by atoms with Crippen molar-refractivity contribution in [1.82, 2.24) is 15.0 Å². The molecule has 0 fully saturated rings. The minimum Gasteiger partial charge on any atom is -0.421 e. The summed E-state index contributed by atoms with van der Waals surface area (Å²) in [7, 11) is 0. The maximum Gasteiger partial charge on any atom is 0.364 e. The standard InChI is InChI=1S/C19H14ClN5O2/c20-10-18(21)23-14-7-6-13-8-16(19(26)27-17(13)9-14)25-22-11-15(24-25)12-4-2-1-3-5-12/h1-9,11H,10H2,(H2,21,23). The fourth-order valence-corrected chi connectivity index (χ4v) is 2.67. The largest absolute Gasteiger partial charge is 0.421 e. The number of benzene rings is 2. The Morgan fingerprint density at radius 1 is 1.19 bits per heavy atom. The van der Waals surface area contributed by atoms with Gasteiger partial charge in [-0.2, -0.15) is 5.10 Å². The van der Waals surface area contributed by atoms with Crippen LogP contribution < -0.4 is 11.4 Å². The van der Waals surface area contributed by atoms with Gasteiger partial charge in [0.05, 0.1) is 17.8 Å². The monoisotopic (exact) mass is 379 g/mol. The molecule has 4 aromatic rings. The average Bonchev–Trinajstić information content (AvgIpc) is 3.18. The maximum absolute atomic E-state index is 12.4. The highest BCUT2D eigenvalue weighted by Crippen LogP contribution is 2.22. The zero-order valence-electron chi connectivity index (χ0n) is 14.0. The molecular formula is C19H14ClN5O2. The number of amidine groups is 1. The molecule has 2 N–H and O–H groups in total. The number of aromatic nitrogens is 3. The molecule has 2 aromatic heterocycles. The van der Waals surface area contributed by atoms with Gasteiger partial charge in [0.15, 0.2) is 5.69 Å². The molecule has 0 bridgehead atoms. The zero-order valence-corrected chi connectivity index (χ0v) is 14.8. The van der Waals surface area contributed by atoms with E-state index in [4.69, 9.17) is 21.8 Å². The van der Waals surface area contributed by atoms with Gasteiger partial charge in [-0.3, -0.25) is 0 Å². The predicted molar refractivity (Wildman–Crippen MR) is 105 cm³/mol. The lowest BCUT2D eigenvalue weighted by Crippen LogP contribution is -2.13. The molecule has 134 valence electrons. The highest BCUT2D eigenvalue weighted by atomic mass is 35.5. The molecule has 2 heterocycles. The fourth-order valence-electron chi connectivity index (χ4n) is 2.61. The van der Waals surface area contributed by atoms with E-state index in [1.807, 2.05) is 30.3 Å². The van der Waals surface area contributed by atoms with Crippen LogP contribution in [-0.4, -0.2) is 26.7 Å². The Bertz CT molecular complexity index is 1200. The molecule has 0 unspecified atom stereocenters. The van der Waals surface area contributed by atoms with E-state index < -0.39 is 5.63 Å². The molecule has 0 amide bonds. The van der Waals surface area contributed by atoms with Crippen molar-refractivity contribution in [3.05, 3.63) is 71.2 Å². The van der Waals surface area contributed by atoms with E-state index in [2.05, 4.69) is 15.2 Å². The molecule has 0 radical (unpaired) electrons. The van der Waals surface area contributed by atoms with Crippen LogP contribution in [0, 0.1) is 0 Å². The molecule has 0 atom stereocenters. The summed E-state index contributed by atoms with van der Waals surface area (Å²) in [6, 6.07) is 16.4. The predicted octanol–water partition coefficient (Wildman–Crippen LogP) is 3.27. The van der Waals surface area contributed by atoms with Crippen molar-refractivity contribution in [1.29, 1.82) is 0 Å². The molecule has 7 nitrogen and oxygen atoms in total. The molecule has 0 aliphatic carbocycles. The van der Waals surface area contributed by atoms with E-state index in [1.165, 1.54) is 4.80 Å². The molecule has 27 heavy (non-hydrogen) atoms. The normalized spacial score (nSPS) is 11.8. The summed E-state index contributed by atoms with van der Waals surface area (Å²) in [5, 5.41) is 9.28. The number of aliphatic imine (C=N–C) groups is 1. The topological polar surface area (TPSA) is 99.3 Å². The van der Waals surface area contributed by atoms with Crippen molar-refractivity contribution < 1.29 is 4.42 Å². The molecule has 8 heteroatoms. The van der Waals surface area contributed by atoms with Gasteiger partial charge in [-0.15, -0.1) is 21.5 Å². The van der Waals surface area contributed by atoms with E-state index in [0.29, 0.717) is 22.4 Å². The minimum absolute atomic E-state index is 0.121. The average molecular weight is 380 g/mol. The Hall–Kier alpha value is -3.45. The molecule has 0 spiro atoms. The maximum atomic E-state index is 12.4. The van der Waals surface area contributed by atoms with Crippen LogP contribution in [0.25, 0.3) is 27.9 Å². The summed E-state index contributed by atoms with van der Waals surface area (Å²) in [5.41, 5.74) is 7.83. The van der Waals surface area contributed by atoms with Gasteiger partial charge in [0.25, 0.3) is 0 Å². The smallest absolute Gasteiger partial charge is 0.364 e. The number of alkyl halides is 1. The molecular weight excluding hydrogens is 366 g/mol. The Labute approximate surface area is 158 Å². The first-order valence-electron chi connectivity index (χ1n) is 8.09. The zero-order chi connectivity index (χ0) is 18.8. The summed E-state index contributed by atoms with van der Waals surface area (Å²) in [6.45, 7) is 0. The Kier molecular flexibility index (Phi) is 4.43. The van der Waals surface area contributed by atoms with Crippen LogP contribution >= 0.6 is 11.6 Å². The summed E-state index contributed by atoms with van der Waals surface area (Å²) < 4.78 is 5.42. The Morgan fingerprint density at radius 2 is 2.00 bits per heavy atom. The third-order valence-corrected chi connectivity index (χ3v) is 4.16. The van der Waals surface area contributed by atoms with Crippen molar-refractivity contribution in [3.63, 3.8) is 0 Å². The van der Waals surface area contributed by atoms with E-state index in [9.17, 15) is 4.79 Å². The van der Waals surface area contributed by atoms with Gasteiger partial charge >= 0.3 is 5.63 Å². The number of nitrogens with two attached hydrogens (primary N) is 1. The molecule has 0 saturated carbocycles. The van der Waals surface area contributed by atoms with Crippen molar-refractivity contribution in [2.24, 2.45) is 10.7 Å². The van der Waals surface area contributed by atoms with Gasteiger partial charge in [0.1, 0.15) is 17.1 Å². The quantitative estimate of drug-likeness (QED) is 0.254. The van der Waals surface area contributed by atoms with Gasteiger partial charge in [-0.1, -0.05) is 30.3 Å². The van der Waals surface area contributed by atoms with Crippen molar-refractivity contribution in [2.75, 3.05) is 5.88 Å². The van der Waals surface area contributed by atoms with Crippen LogP contribution in [0.1, 0.15) is 0 Å². The molecule has 4 rings (SSSR count). The van der Waals surface area contributed by atoms with Gasteiger partial charge in [-0.05, 0) is 18.2 Å². The van der Waals surface area contributed by atoms with Crippen LogP contribution in [0.5, 0.6) is 0 Å². The van der Waals surface area contributed by atoms with Crippen LogP contribution in [-0.2, 0) is 0 Å². The third-order valence-electron chi connectivity index (χ3n) is 3.89. The van der Waals surface area contributed by atoms with Crippen molar-refractivity contribution >= 4 is 34.1 Å². The number of nitrogens with zero attached hydrogens (tertiary/aromatic N) is 4. The summed E-state index contributed by atoms with van der Waals surface area (Å²) in [6.07, 6.45) is 1.60. The highest BCUT2D eigenvalue weighted by Gasteiger charge is 2.12. The second-order valence-electron chi connectivity index (χ2n) is 5.76. The van der Waals surface area contributed by atoms with Crippen LogP contribution in [0.4, 0.5) is 5.69 Å². The number of hydrogen-bond acceptors (Lipinski definition) is 5. The van der Waals surface area contributed by atoms with Crippen molar-refractivity contribution in [3.8, 4) is 16.9 Å². The summed E-state index contributed by atoms with van der Waals surface area (Å²) in [4.78, 5) is 17.8. The Morgan fingerprint density at radius 3 is 2.78 bits per heavy atom. The first kappa shape index (κ1) is 17.0. The van der Waals surface area contributed by atoms with E-state index in [-0.39, 0.29) is 17.4 Å². The van der Waals surface area contributed by atoms with E-state index in [0.717, 1.165) is 5.56 Å². The lowest BCUT2D eigenvalue weighted by molar-refractivity contribution is 0.546. The van der Waals surface area contributed by atoms with E-state index >= 15 is 0 Å². The van der Waals surface area contributed by atoms with Crippen LogP contribution in [0.15, 0.2) is 75.0 Å². The highest BCUT2D eigenvalue weighted by molar-refractivity contribution is 6.28. The van der Waals surface area contributed by atoms with Gasteiger partial charge < -0.3 is 10.2 Å². The summed E-state index contributed by atoms with van der Waals surface area (Å²) >= 11 is 5.63. The second kappa shape index (κ2) is 7.05. The number of rotatable bonds is 4. The SMILES string of the molecule is NC(CCl)=Nc1ccc2cc(-n3ncc(-c4ccccc4)n3)c(=O)oc2c1. The molecule has 0 aliphatic heterocycles. The first-order chi connectivity index (χ1) is 13.1. The second-order valence-corrected chi connectivity index (χ2v) is 6.03. The molecule has 0 saturated heterocycles.